The van der Waals surface area contributed by atoms with Gasteiger partial charge in [-0.25, -0.2) is 4.68 Å². The van der Waals surface area contributed by atoms with E-state index in [-0.39, 0.29) is 11.6 Å². The SMILES string of the molecule is CCCSc1nc2n(n1)C(c1ccccc1[N+](=O)[O-])C(C(=O)Nc1cccc(C)c1)=C(C)N2. The Kier molecular flexibility index (Phi) is 6.45. The van der Waals surface area contributed by atoms with Gasteiger partial charge in [0.1, 0.15) is 6.04 Å². The van der Waals surface area contributed by atoms with Gasteiger partial charge in [0, 0.05) is 23.2 Å². The summed E-state index contributed by atoms with van der Waals surface area (Å²) >= 11 is 1.50. The van der Waals surface area contributed by atoms with E-state index in [4.69, 9.17) is 0 Å². The van der Waals surface area contributed by atoms with Crippen LogP contribution < -0.4 is 10.6 Å². The number of rotatable bonds is 7. The topological polar surface area (TPSA) is 115 Å². The smallest absolute Gasteiger partial charge is 0.275 e. The number of nitrogens with one attached hydrogen (secondary N) is 2. The fraction of sp³-hybridized carbons (Fsp3) is 0.261. The molecule has 2 aromatic carbocycles. The lowest BCUT2D eigenvalue weighted by Crippen LogP contribution is -2.32. The maximum Gasteiger partial charge on any atom is 0.275 e. The molecule has 9 nitrogen and oxygen atoms in total. The third-order valence-corrected chi connectivity index (χ3v) is 6.26. The number of carbonyl (C=O) groups excluding carboxylic acids is 1. The van der Waals surface area contributed by atoms with E-state index in [0.29, 0.717) is 33.6 Å². The molecule has 170 valence electrons. The predicted molar refractivity (Wildman–Crippen MR) is 128 cm³/mol. The van der Waals surface area contributed by atoms with Crippen molar-refractivity contribution >= 4 is 35.0 Å². The zero-order chi connectivity index (χ0) is 23.5. The van der Waals surface area contributed by atoms with Crippen LogP contribution in [0.2, 0.25) is 0 Å². The lowest BCUT2D eigenvalue weighted by atomic mass is 9.93. The molecule has 0 saturated heterocycles. The van der Waals surface area contributed by atoms with Crippen LogP contribution >= 0.6 is 11.8 Å². The van der Waals surface area contributed by atoms with Gasteiger partial charge in [-0.15, -0.1) is 5.10 Å². The molecule has 1 amide bonds. The summed E-state index contributed by atoms with van der Waals surface area (Å²) in [5.41, 5.74) is 2.85. The zero-order valence-electron chi connectivity index (χ0n) is 18.5. The minimum atomic E-state index is -0.809. The Morgan fingerprint density at radius 1 is 1.24 bits per heavy atom. The van der Waals surface area contributed by atoms with Gasteiger partial charge in [0.25, 0.3) is 11.6 Å². The van der Waals surface area contributed by atoms with Crippen LogP contribution in [0.25, 0.3) is 0 Å². The van der Waals surface area contributed by atoms with Crippen molar-refractivity contribution in [3.63, 3.8) is 0 Å². The molecule has 4 rings (SSSR count). The molecule has 10 heteroatoms. The van der Waals surface area contributed by atoms with Gasteiger partial charge in [-0.2, -0.15) is 4.98 Å². The summed E-state index contributed by atoms with van der Waals surface area (Å²) < 4.78 is 1.57. The Hall–Kier alpha value is -3.66. The number of aryl methyl sites for hydroxylation is 1. The van der Waals surface area contributed by atoms with E-state index in [9.17, 15) is 14.9 Å². The Bertz CT molecular complexity index is 1250. The second-order valence-corrected chi connectivity index (χ2v) is 8.78. The molecular weight excluding hydrogens is 440 g/mol. The molecule has 0 bridgehead atoms. The molecule has 1 atom stereocenters. The molecular formula is C23H24N6O3S. The highest BCUT2D eigenvalue weighted by Crippen LogP contribution is 2.40. The van der Waals surface area contributed by atoms with E-state index in [1.54, 1.807) is 35.9 Å². The number of nitrogens with zero attached hydrogens (tertiary/aromatic N) is 4. The fourth-order valence-electron chi connectivity index (χ4n) is 3.77. The minimum absolute atomic E-state index is 0.0812. The van der Waals surface area contributed by atoms with Crippen LogP contribution in [0.15, 0.2) is 65.0 Å². The first-order valence-corrected chi connectivity index (χ1v) is 11.6. The van der Waals surface area contributed by atoms with Crippen LogP contribution in [-0.4, -0.2) is 31.3 Å². The molecule has 0 saturated carbocycles. The van der Waals surface area contributed by atoms with Crippen molar-refractivity contribution < 1.29 is 9.72 Å². The summed E-state index contributed by atoms with van der Waals surface area (Å²) in [5.74, 6) is 0.922. The van der Waals surface area contributed by atoms with Crippen molar-refractivity contribution in [2.75, 3.05) is 16.4 Å². The van der Waals surface area contributed by atoms with Crippen molar-refractivity contribution in [2.24, 2.45) is 0 Å². The number of amides is 1. The van der Waals surface area contributed by atoms with Crippen LogP contribution in [-0.2, 0) is 4.79 Å². The van der Waals surface area contributed by atoms with Crippen LogP contribution in [0.4, 0.5) is 17.3 Å². The number of benzene rings is 2. The summed E-state index contributed by atoms with van der Waals surface area (Å²) in [5, 5.41) is 23.1. The van der Waals surface area contributed by atoms with Gasteiger partial charge in [0.15, 0.2) is 0 Å². The maximum absolute atomic E-state index is 13.5. The van der Waals surface area contributed by atoms with E-state index >= 15 is 0 Å². The van der Waals surface area contributed by atoms with Gasteiger partial charge in [0.2, 0.25) is 11.1 Å². The first kappa shape index (κ1) is 22.5. The van der Waals surface area contributed by atoms with Crippen molar-refractivity contribution in [3.05, 3.63) is 81.0 Å². The van der Waals surface area contributed by atoms with Crippen LogP contribution in [0.1, 0.15) is 37.4 Å². The second kappa shape index (κ2) is 9.45. The van der Waals surface area contributed by atoms with E-state index in [1.165, 1.54) is 17.8 Å². The van der Waals surface area contributed by atoms with Gasteiger partial charge >= 0.3 is 0 Å². The van der Waals surface area contributed by atoms with E-state index < -0.39 is 11.0 Å². The molecule has 1 aliphatic rings. The molecule has 0 radical (unpaired) electrons. The number of hydrogen-bond acceptors (Lipinski definition) is 7. The lowest BCUT2D eigenvalue weighted by Gasteiger charge is -2.28. The zero-order valence-corrected chi connectivity index (χ0v) is 19.3. The Morgan fingerprint density at radius 3 is 2.76 bits per heavy atom. The predicted octanol–water partition coefficient (Wildman–Crippen LogP) is 4.92. The number of allylic oxidation sites excluding steroid dienone is 1. The average molecular weight is 465 g/mol. The summed E-state index contributed by atoms with van der Waals surface area (Å²) in [6.45, 7) is 5.77. The Labute approximate surface area is 195 Å². The molecule has 0 spiro atoms. The van der Waals surface area contributed by atoms with Crippen molar-refractivity contribution in [1.29, 1.82) is 0 Å². The van der Waals surface area contributed by atoms with Crippen molar-refractivity contribution in [3.8, 4) is 0 Å². The molecule has 2 heterocycles. The molecule has 1 unspecified atom stereocenters. The normalized spacial score (nSPS) is 15.1. The third kappa shape index (κ3) is 4.61. The number of nitro groups is 1. The van der Waals surface area contributed by atoms with Gasteiger partial charge in [-0.3, -0.25) is 14.9 Å². The van der Waals surface area contributed by atoms with Crippen molar-refractivity contribution in [1.82, 2.24) is 14.8 Å². The molecule has 0 fully saturated rings. The number of para-hydroxylation sites is 1. The molecule has 33 heavy (non-hydrogen) atoms. The van der Waals surface area contributed by atoms with Gasteiger partial charge < -0.3 is 10.6 Å². The molecule has 3 aromatic rings. The Balaban J connectivity index is 1.82. The second-order valence-electron chi connectivity index (χ2n) is 7.72. The van der Waals surface area contributed by atoms with E-state index in [1.807, 2.05) is 25.1 Å². The molecule has 2 N–H and O–H groups in total. The minimum Gasteiger partial charge on any atom is -0.328 e. The number of thioether (sulfide) groups is 1. The highest BCUT2D eigenvalue weighted by molar-refractivity contribution is 7.99. The largest absolute Gasteiger partial charge is 0.328 e. The van der Waals surface area contributed by atoms with Crippen LogP contribution in [0.3, 0.4) is 0 Å². The summed E-state index contributed by atoms with van der Waals surface area (Å²) in [4.78, 5) is 29.4. The van der Waals surface area contributed by atoms with Gasteiger partial charge in [-0.05, 0) is 44.0 Å². The number of hydrogen-bond donors (Lipinski definition) is 2. The number of anilines is 2. The quantitative estimate of drug-likeness (QED) is 0.289. The maximum atomic E-state index is 13.5. The van der Waals surface area contributed by atoms with Crippen LogP contribution in [0.5, 0.6) is 0 Å². The first-order valence-electron chi connectivity index (χ1n) is 10.6. The van der Waals surface area contributed by atoms with Gasteiger partial charge in [0.05, 0.1) is 16.1 Å². The average Bonchev–Trinajstić information content (AvgIpc) is 3.18. The fourth-order valence-corrected chi connectivity index (χ4v) is 4.46. The molecule has 1 aromatic heterocycles. The van der Waals surface area contributed by atoms with E-state index in [2.05, 4.69) is 27.6 Å². The summed E-state index contributed by atoms with van der Waals surface area (Å²) in [6, 6.07) is 13.1. The summed E-state index contributed by atoms with van der Waals surface area (Å²) in [6.07, 6.45) is 0.955. The highest BCUT2D eigenvalue weighted by Gasteiger charge is 2.37. The first-order chi connectivity index (χ1) is 15.9. The number of nitro benzene ring substituents is 1. The summed E-state index contributed by atoms with van der Waals surface area (Å²) in [7, 11) is 0. The lowest BCUT2D eigenvalue weighted by molar-refractivity contribution is -0.385. The van der Waals surface area contributed by atoms with E-state index in [0.717, 1.165) is 17.7 Å². The number of carbonyl (C=O) groups is 1. The third-order valence-electron chi connectivity index (χ3n) is 5.22. The number of fused-ring (bicyclic) bond motifs is 1. The van der Waals surface area contributed by atoms with Gasteiger partial charge in [-0.1, -0.05) is 43.0 Å². The molecule has 1 aliphatic heterocycles. The highest BCUT2D eigenvalue weighted by atomic mass is 32.2. The molecule has 0 aliphatic carbocycles. The van der Waals surface area contributed by atoms with Crippen molar-refractivity contribution in [2.45, 2.75) is 38.4 Å². The Morgan fingerprint density at radius 2 is 2.03 bits per heavy atom. The standard InChI is InChI=1S/C23H24N6O3S/c1-4-12-33-23-26-22-24-15(3)19(21(30)25-16-9-7-8-14(2)13-16)20(28(22)27-23)17-10-5-6-11-18(17)29(31)32/h5-11,13,20H,4,12H2,1-3H3,(H,25,30)(H,24,26,27). The van der Waals surface area contributed by atoms with Crippen LogP contribution in [0, 0.1) is 17.0 Å². The number of aromatic nitrogens is 3. The monoisotopic (exact) mass is 464 g/mol.